The Morgan fingerprint density at radius 2 is 1.81 bits per heavy atom. The van der Waals surface area contributed by atoms with Gasteiger partial charge in [0.05, 0.1) is 0 Å². The minimum Gasteiger partial charge on any atom is -0.370 e. The van der Waals surface area contributed by atoms with Crippen LogP contribution in [0.2, 0.25) is 0 Å². The Labute approximate surface area is 241 Å². The van der Waals surface area contributed by atoms with E-state index in [-0.39, 0.29) is 35.5 Å². The molecular formula is C29H36F3N7O3. The van der Waals surface area contributed by atoms with Gasteiger partial charge in [-0.3, -0.25) is 5.32 Å². The summed E-state index contributed by atoms with van der Waals surface area (Å²) in [5.41, 5.74) is -0.953. The van der Waals surface area contributed by atoms with E-state index < -0.39 is 29.9 Å². The first-order valence-electron chi connectivity index (χ1n) is 14.7. The number of anilines is 1. The first kappa shape index (κ1) is 28.7. The van der Waals surface area contributed by atoms with E-state index in [1.54, 1.807) is 6.07 Å². The fraction of sp³-hybridized carbons (Fsp3) is 0.586. The molecule has 6 rings (SSSR count). The van der Waals surface area contributed by atoms with E-state index >= 15 is 13.2 Å². The molecule has 42 heavy (non-hydrogen) atoms. The van der Waals surface area contributed by atoms with Crippen LogP contribution in [-0.4, -0.2) is 42.9 Å². The number of aliphatic hydroxyl groups is 1. The number of amides is 1. The maximum absolute atomic E-state index is 15.0. The number of hydrogen-bond donors (Lipinski definition) is 4. The topological polar surface area (TPSA) is 126 Å². The van der Waals surface area contributed by atoms with Crippen LogP contribution in [0.5, 0.6) is 0 Å². The zero-order chi connectivity index (χ0) is 29.6. The lowest BCUT2D eigenvalue weighted by Crippen LogP contribution is -2.45. The molecule has 2 aromatic heterocycles. The van der Waals surface area contributed by atoms with Gasteiger partial charge in [-0.15, -0.1) is 5.48 Å². The molecule has 13 heteroatoms. The van der Waals surface area contributed by atoms with E-state index in [1.165, 1.54) is 28.8 Å². The van der Waals surface area contributed by atoms with Crippen molar-refractivity contribution in [3.8, 4) is 0 Å². The van der Waals surface area contributed by atoms with E-state index in [9.17, 15) is 9.90 Å². The van der Waals surface area contributed by atoms with Crippen molar-refractivity contribution in [1.82, 2.24) is 30.3 Å². The lowest BCUT2D eigenvalue weighted by Gasteiger charge is -2.34. The number of carbonyl (C=O) groups excluding carboxylic acids is 1. The molecule has 3 heterocycles. The molecule has 10 nitrogen and oxygen atoms in total. The molecule has 2 saturated carbocycles. The third-order valence-electron chi connectivity index (χ3n) is 9.13. The van der Waals surface area contributed by atoms with Crippen LogP contribution in [0.25, 0.3) is 11.2 Å². The molecule has 0 radical (unpaired) electrons. The molecule has 3 atom stereocenters. The summed E-state index contributed by atoms with van der Waals surface area (Å²) in [4.78, 5) is 30.2. The van der Waals surface area contributed by atoms with Gasteiger partial charge in [-0.2, -0.15) is 13.2 Å². The van der Waals surface area contributed by atoms with E-state index in [4.69, 9.17) is 9.82 Å². The third kappa shape index (κ3) is 5.17. The number of fused-ring (bicyclic) bond motifs is 1. The molecule has 1 saturated heterocycles. The smallest absolute Gasteiger partial charge is 0.370 e. The fourth-order valence-electron chi connectivity index (χ4n) is 6.29. The van der Waals surface area contributed by atoms with Gasteiger partial charge >= 0.3 is 12.3 Å². The summed E-state index contributed by atoms with van der Waals surface area (Å²) < 4.78 is 46.5. The van der Waals surface area contributed by atoms with Crippen LogP contribution in [0.15, 0.2) is 30.3 Å². The SMILES string of the molecule is CC1CCC(Cn2c(C(O)(c3ccccc3)C(F)(F)F)nc3nc(C4NOC(=O)N4)nc(N[C@H](C)C4CCC4)c32)CC1. The summed E-state index contributed by atoms with van der Waals surface area (Å²) in [6, 6.07) is 7.00. The van der Waals surface area contributed by atoms with Crippen molar-refractivity contribution in [2.45, 2.75) is 89.3 Å². The standard InChI is InChI=1S/C29H36F3N7O3/c1-16-11-13-18(14-12-16)15-39-21-22(33-17(2)19-7-6-8-19)34-24(25-37-27(40)42-38-25)35-23(21)36-26(39)28(41,29(30,31)32)20-9-4-3-5-10-20/h3-5,9-10,16-19,25,38,41H,6-8,11-15H2,1-2H3,(H,37,40)(H,33,34,35)/t16?,17-,18?,25?,28?/m1/s1. The molecule has 3 fully saturated rings. The lowest BCUT2D eigenvalue weighted by atomic mass is 9.80. The second-order valence-electron chi connectivity index (χ2n) is 12.1. The maximum Gasteiger partial charge on any atom is 0.428 e. The van der Waals surface area contributed by atoms with Crippen LogP contribution in [-0.2, 0) is 17.0 Å². The molecule has 226 valence electrons. The first-order chi connectivity index (χ1) is 20.0. The minimum absolute atomic E-state index is 0.0101. The highest BCUT2D eigenvalue weighted by atomic mass is 19.4. The molecule has 2 aliphatic carbocycles. The Balaban J connectivity index is 1.56. The van der Waals surface area contributed by atoms with E-state index in [0.717, 1.165) is 44.9 Å². The van der Waals surface area contributed by atoms with Gasteiger partial charge in [0, 0.05) is 18.2 Å². The summed E-state index contributed by atoms with van der Waals surface area (Å²) in [6.45, 7) is 4.43. The molecule has 4 N–H and O–H groups in total. The number of hydrogen-bond acceptors (Lipinski definition) is 8. The van der Waals surface area contributed by atoms with Crippen LogP contribution < -0.4 is 16.1 Å². The molecule has 1 aliphatic heterocycles. The zero-order valence-electron chi connectivity index (χ0n) is 23.6. The van der Waals surface area contributed by atoms with Gasteiger partial charge in [0.2, 0.25) is 5.60 Å². The van der Waals surface area contributed by atoms with Crippen molar-refractivity contribution in [2.75, 3.05) is 5.32 Å². The molecule has 0 spiro atoms. The second kappa shape index (κ2) is 11.0. The van der Waals surface area contributed by atoms with E-state index in [2.05, 4.69) is 33.0 Å². The second-order valence-corrected chi connectivity index (χ2v) is 12.1. The Morgan fingerprint density at radius 1 is 1.10 bits per heavy atom. The van der Waals surface area contributed by atoms with Gasteiger partial charge in [0.15, 0.2) is 29.3 Å². The highest BCUT2D eigenvalue weighted by Gasteiger charge is 2.59. The summed E-state index contributed by atoms with van der Waals surface area (Å²) >= 11 is 0. The van der Waals surface area contributed by atoms with Crippen molar-refractivity contribution in [3.05, 3.63) is 47.5 Å². The van der Waals surface area contributed by atoms with Crippen molar-refractivity contribution < 1.29 is 27.9 Å². The number of hydroxylamine groups is 1. The summed E-state index contributed by atoms with van der Waals surface area (Å²) in [6.07, 6.45) is 0.114. The number of nitrogens with zero attached hydrogens (tertiary/aromatic N) is 4. The van der Waals surface area contributed by atoms with Crippen LogP contribution in [0, 0.1) is 17.8 Å². The Kier molecular flexibility index (Phi) is 7.50. The van der Waals surface area contributed by atoms with Gasteiger partial charge < -0.3 is 19.8 Å². The van der Waals surface area contributed by atoms with E-state index in [0.29, 0.717) is 23.2 Å². The van der Waals surface area contributed by atoms with Crippen molar-refractivity contribution in [2.24, 2.45) is 17.8 Å². The number of alkyl halides is 3. The fourth-order valence-corrected chi connectivity index (χ4v) is 6.29. The quantitative estimate of drug-likeness (QED) is 0.280. The zero-order valence-corrected chi connectivity index (χ0v) is 23.6. The maximum atomic E-state index is 15.0. The summed E-state index contributed by atoms with van der Waals surface area (Å²) in [5, 5.41) is 17.7. The van der Waals surface area contributed by atoms with Gasteiger partial charge in [-0.05, 0) is 50.4 Å². The van der Waals surface area contributed by atoms with Gasteiger partial charge in [0.25, 0.3) is 0 Å². The van der Waals surface area contributed by atoms with Crippen molar-refractivity contribution in [3.63, 3.8) is 0 Å². The average Bonchev–Trinajstić information content (AvgIpc) is 3.52. The lowest BCUT2D eigenvalue weighted by molar-refractivity contribution is -0.252. The van der Waals surface area contributed by atoms with Crippen LogP contribution in [0.1, 0.15) is 82.2 Å². The van der Waals surface area contributed by atoms with Gasteiger partial charge in [-0.1, -0.05) is 56.5 Å². The molecule has 3 aliphatic rings. The Morgan fingerprint density at radius 3 is 2.40 bits per heavy atom. The largest absolute Gasteiger partial charge is 0.428 e. The van der Waals surface area contributed by atoms with Gasteiger partial charge in [0.1, 0.15) is 5.52 Å². The predicted octanol–water partition coefficient (Wildman–Crippen LogP) is 5.29. The highest BCUT2D eigenvalue weighted by Crippen LogP contribution is 2.46. The van der Waals surface area contributed by atoms with Crippen LogP contribution in [0.4, 0.5) is 23.8 Å². The molecule has 3 aromatic rings. The Hall–Kier alpha value is -3.45. The molecule has 2 unspecified atom stereocenters. The number of aromatic nitrogens is 4. The number of rotatable bonds is 8. The highest BCUT2D eigenvalue weighted by molar-refractivity contribution is 5.84. The van der Waals surface area contributed by atoms with Crippen molar-refractivity contribution >= 4 is 23.1 Å². The Bertz CT molecular complexity index is 1440. The van der Waals surface area contributed by atoms with Gasteiger partial charge in [-0.25, -0.2) is 19.7 Å². The van der Waals surface area contributed by atoms with Crippen LogP contribution >= 0.6 is 0 Å². The predicted molar refractivity (Wildman–Crippen MR) is 148 cm³/mol. The molecule has 1 aromatic carbocycles. The summed E-state index contributed by atoms with van der Waals surface area (Å²) in [7, 11) is 0. The summed E-state index contributed by atoms with van der Waals surface area (Å²) in [5.74, 6) is 0.858. The first-order valence-corrected chi connectivity index (χ1v) is 14.7. The molecule has 0 bridgehead atoms. The number of benzene rings is 1. The monoisotopic (exact) mass is 587 g/mol. The number of halogens is 3. The van der Waals surface area contributed by atoms with E-state index in [1.807, 2.05) is 6.92 Å². The number of imidazole rings is 1. The normalized spacial score (nSPS) is 25.4. The van der Waals surface area contributed by atoms with Crippen LogP contribution in [0.3, 0.4) is 0 Å². The third-order valence-corrected chi connectivity index (χ3v) is 9.13. The number of carbonyl (C=O) groups is 1. The van der Waals surface area contributed by atoms with Crippen molar-refractivity contribution in [1.29, 1.82) is 0 Å². The minimum atomic E-state index is -5.09. The number of nitrogens with one attached hydrogen (secondary N) is 3. The average molecular weight is 588 g/mol. The molecule has 1 amide bonds. The molecular weight excluding hydrogens is 551 g/mol.